The second kappa shape index (κ2) is 54.9. The normalized spacial score (nSPS) is 13.9. The summed E-state index contributed by atoms with van der Waals surface area (Å²) in [5.41, 5.74) is 25.4. The maximum atomic E-state index is 9.76. The number of rotatable bonds is 12. The molecular weight excluding hydrogens is 2500 g/mol. The number of pyridine rings is 8. The van der Waals surface area contributed by atoms with Crippen molar-refractivity contribution in [3.8, 4) is 45.6 Å². The summed E-state index contributed by atoms with van der Waals surface area (Å²) >= 11 is 0. The third-order valence-corrected chi connectivity index (χ3v) is 25.9. The van der Waals surface area contributed by atoms with Crippen LogP contribution in [0.4, 0.5) is 0 Å². The van der Waals surface area contributed by atoms with Crippen LogP contribution in [0.1, 0.15) is 342 Å². The van der Waals surface area contributed by atoms with Gasteiger partial charge in [-0.2, -0.15) is 0 Å². The molecule has 12 rings (SSSR count). The Hall–Kier alpha value is -6.60. The molecule has 8 atom stereocenters. The Bertz CT molecular complexity index is 5770. The summed E-state index contributed by atoms with van der Waals surface area (Å²) in [7, 11) is 0. The zero-order valence-corrected chi connectivity index (χ0v) is 106. The van der Waals surface area contributed by atoms with Crippen molar-refractivity contribution in [3.63, 3.8) is 0 Å². The van der Waals surface area contributed by atoms with E-state index in [4.69, 9.17) is 19.9 Å². The van der Waals surface area contributed by atoms with Crippen molar-refractivity contribution in [2.45, 2.75) is 401 Å². The minimum absolute atomic E-state index is 0. The van der Waals surface area contributed by atoms with Crippen LogP contribution in [0.15, 0.2) is 170 Å². The van der Waals surface area contributed by atoms with Gasteiger partial charge in [-0.1, -0.05) is 316 Å². The fraction of sp³-hybridized carbons (Fsp3) is 0.548. The average Bonchev–Trinajstić information content (AvgIpc) is 0.805. The number of nitrogens with zero attached hydrogens (tertiary/aromatic N) is 8. The Balaban J connectivity index is 0.000000830. The van der Waals surface area contributed by atoms with Crippen molar-refractivity contribution in [2.24, 2.45) is 43.3 Å². The first-order chi connectivity index (χ1) is 63.5. The van der Waals surface area contributed by atoms with Crippen LogP contribution in [0, 0.1) is 98.7 Å². The van der Waals surface area contributed by atoms with E-state index < -0.39 is 48.8 Å². The van der Waals surface area contributed by atoms with E-state index in [1.54, 1.807) is 0 Å². The molecule has 0 aliphatic carbocycles. The number of hydrogen-bond acceptors (Lipinski definition) is 16. The minimum atomic E-state index is -0.443. The van der Waals surface area contributed by atoms with Crippen LogP contribution in [-0.4, -0.2) is 130 Å². The third-order valence-electron chi connectivity index (χ3n) is 25.9. The van der Waals surface area contributed by atoms with E-state index in [-0.39, 0.29) is 145 Å². The summed E-state index contributed by atoms with van der Waals surface area (Å²) in [6.45, 7) is 90.7. The van der Waals surface area contributed by atoms with Gasteiger partial charge in [-0.05, 0) is 268 Å². The summed E-state index contributed by atoms with van der Waals surface area (Å²) in [6.07, 6.45) is 0.162. The van der Waals surface area contributed by atoms with E-state index in [1.165, 1.54) is 60.5 Å². The number of aromatic nitrogens is 8. The fourth-order valence-corrected chi connectivity index (χ4v) is 14.2. The molecule has 8 heterocycles. The van der Waals surface area contributed by atoms with E-state index >= 15 is 0 Å². The van der Waals surface area contributed by atoms with Crippen LogP contribution in [0.5, 0.6) is 0 Å². The van der Waals surface area contributed by atoms with Gasteiger partial charge >= 0.3 is 0 Å². The zero-order chi connectivity index (χ0) is 107. The van der Waals surface area contributed by atoms with Crippen molar-refractivity contribution in [3.05, 3.63) is 237 Å². The van der Waals surface area contributed by atoms with Crippen molar-refractivity contribution >= 4 is 43.6 Å². The number of aliphatic hydroxyl groups is 8. The fourth-order valence-electron chi connectivity index (χ4n) is 14.2. The van der Waals surface area contributed by atoms with Gasteiger partial charge in [0.05, 0.1) is 116 Å². The van der Waals surface area contributed by atoms with E-state index in [0.717, 1.165) is 95.8 Å². The SMILES string of the molecule is CC(C)(C)C(O)CC(O)C(C)(C)C.CC(C)(C)C(O)CC(O)C(C)(C)C.CC(C)(C)C(O)CC(O)C(C)(C)C.CC(C)(C)C(O)CC(O)C(C)(C)C.Cc1cc(C)nc(-c2ccc3cc(C(C)(C)C)ccc3n2)c1.Cc1ccc(-c2ccc3cc(C(C)(C)C)ccc3n2)nc1C.Cc1ccc(C)c(-c2ccc3cc(C(C)(C)C)ccc3n2)n1.Cc1cnc(-c2ccc3cc(C(C)(C)C)ccc3n2)c(C)c1.[Ir].[Ir].[Ir].[Ir]. The zero-order valence-electron chi connectivity index (χ0n) is 96.1. The standard InChI is InChI=1S/4C20H22N2.4C11H24O2.4Ir/c1-13-6-9-18(21-14(13)2)19-10-7-15-12-16(20(3,4)5)8-11-17(15)22-19;1-13-10-14(2)19(21-12-13)18-8-6-15-11-16(20(3,4)5)7-9-17(15)22-18;1-13-10-14(2)21-19(11-13)18-8-6-15-12-16(20(3,4)5)7-9-17(15)22-18;1-13-6-7-14(2)21-19(13)18-10-8-15-12-16(20(3,4)5)9-11-17(15)22-18;4*1-10(2,3)8(12)7-9(13)11(4,5)6;;;;/h4*6-12H,1-5H3;4*8-9,12-13H,7H2,1-6H3;;;;. The van der Waals surface area contributed by atoms with Gasteiger partial charge < -0.3 is 40.9 Å². The Morgan fingerprint density at radius 2 is 0.458 bits per heavy atom. The molecule has 144 heavy (non-hydrogen) atoms. The van der Waals surface area contributed by atoms with E-state index in [1.807, 2.05) is 205 Å². The van der Waals surface area contributed by atoms with Gasteiger partial charge in [-0.3, -0.25) is 19.9 Å². The molecule has 0 aliphatic heterocycles. The maximum Gasteiger partial charge on any atom is 0.0918 e. The van der Waals surface area contributed by atoms with Crippen molar-refractivity contribution < 1.29 is 121 Å². The molecular formula is C124H184Ir4N8O8. The average molecular weight is 2680 g/mol. The Labute approximate surface area is 923 Å². The Kier molecular flexibility index (Phi) is 51.6. The molecule has 8 unspecified atom stereocenters. The molecule has 0 amide bonds. The summed E-state index contributed by atoms with van der Waals surface area (Å²) in [4.78, 5) is 37.6. The molecule has 20 heteroatoms. The summed E-state index contributed by atoms with van der Waals surface area (Å²) in [5, 5.41) is 82.8. The van der Waals surface area contributed by atoms with Crippen LogP contribution in [0.3, 0.4) is 0 Å². The van der Waals surface area contributed by atoms with Crippen LogP contribution in [-0.2, 0) is 102 Å². The quantitative estimate of drug-likeness (QED) is 0.0565. The van der Waals surface area contributed by atoms with Crippen LogP contribution in [0.2, 0.25) is 0 Å². The maximum absolute atomic E-state index is 9.76. The smallest absolute Gasteiger partial charge is 0.0918 e. The minimum Gasteiger partial charge on any atom is -0.392 e. The first-order valence-electron chi connectivity index (χ1n) is 50.4. The number of benzene rings is 4. The first-order valence-corrected chi connectivity index (χ1v) is 50.4. The number of hydrogen-bond donors (Lipinski definition) is 8. The molecule has 4 aromatic carbocycles. The van der Waals surface area contributed by atoms with Gasteiger partial charge in [0.15, 0.2) is 0 Å². The molecule has 0 fully saturated rings. The van der Waals surface area contributed by atoms with Crippen LogP contribution in [0.25, 0.3) is 89.2 Å². The molecule has 0 bridgehead atoms. The molecule has 4 radical (unpaired) electrons. The summed E-state index contributed by atoms with van der Waals surface area (Å²) < 4.78 is 0. The van der Waals surface area contributed by atoms with Gasteiger partial charge in [0, 0.05) is 151 Å². The monoisotopic (exact) mass is 2690 g/mol. The van der Waals surface area contributed by atoms with E-state index in [2.05, 4.69) is 289 Å². The number of aliphatic hydroxyl groups excluding tert-OH is 8. The molecule has 0 spiro atoms. The molecule has 0 saturated carbocycles. The predicted octanol–water partition coefficient (Wildman–Crippen LogP) is 29.6. The predicted molar refractivity (Wildman–Crippen MR) is 595 cm³/mol. The topological polar surface area (TPSA) is 265 Å². The third kappa shape index (κ3) is 43.8. The first kappa shape index (κ1) is 135. The van der Waals surface area contributed by atoms with Gasteiger partial charge in [-0.15, -0.1) is 0 Å². The molecule has 0 saturated heterocycles. The molecule has 804 valence electrons. The Morgan fingerprint density at radius 3 is 0.722 bits per heavy atom. The van der Waals surface area contributed by atoms with E-state index in [0.29, 0.717) is 25.7 Å². The number of aryl methyl sites for hydroxylation is 8. The molecule has 16 nitrogen and oxygen atoms in total. The molecule has 8 N–H and O–H groups in total. The van der Waals surface area contributed by atoms with Gasteiger partial charge in [-0.25, -0.2) is 19.9 Å². The van der Waals surface area contributed by atoms with Gasteiger partial charge in [0.25, 0.3) is 0 Å². The largest absolute Gasteiger partial charge is 0.392 e. The van der Waals surface area contributed by atoms with Crippen LogP contribution < -0.4 is 0 Å². The van der Waals surface area contributed by atoms with Gasteiger partial charge in [0.1, 0.15) is 0 Å². The summed E-state index contributed by atoms with van der Waals surface area (Å²) in [5.74, 6) is 0. The van der Waals surface area contributed by atoms with Crippen molar-refractivity contribution in [1.82, 2.24) is 39.9 Å². The van der Waals surface area contributed by atoms with E-state index in [9.17, 15) is 40.9 Å². The second-order valence-corrected chi connectivity index (χ2v) is 52.0. The van der Waals surface area contributed by atoms with Gasteiger partial charge in [0.2, 0.25) is 0 Å². The molecule has 0 aliphatic rings. The van der Waals surface area contributed by atoms with Crippen LogP contribution >= 0.6 is 0 Å². The number of fused-ring (bicyclic) bond motifs is 4. The Morgan fingerprint density at radius 1 is 0.208 bits per heavy atom. The molecule has 8 aromatic heterocycles. The van der Waals surface area contributed by atoms with Crippen molar-refractivity contribution in [1.29, 1.82) is 0 Å². The van der Waals surface area contributed by atoms with Crippen molar-refractivity contribution in [2.75, 3.05) is 0 Å². The molecule has 12 aromatic rings. The summed E-state index contributed by atoms with van der Waals surface area (Å²) in [6, 6.07) is 57.6. The second-order valence-electron chi connectivity index (χ2n) is 52.0.